The van der Waals surface area contributed by atoms with E-state index in [2.05, 4.69) is 82.8 Å². The highest BCUT2D eigenvalue weighted by molar-refractivity contribution is 5.74. The van der Waals surface area contributed by atoms with Gasteiger partial charge in [-0.1, -0.05) is 74.5 Å². The standard InChI is InChI=1S/C31H40N4O2/c1-24(2)25-13-15-26(16-14-25)28-10-5-4-9-27(28)23-33-31(36)32-17-8-18-34-19-21-35(22-20-34)29-11-6-7-12-30(29)37-3/h4-7,9-16,24H,8,17-23H2,1-3H3,(H2,32,33,36). The Hall–Kier alpha value is -3.51. The Balaban J connectivity index is 1.17. The van der Waals surface area contributed by atoms with Gasteiger partial charge in [0.05, 0.1) is 12.8 Å². The summed E-state index contributed by atoms with van der Waals surface area (Å²) >= 11 is 0. The summed E-state index contributed by atoms with van der Waals surface area (Å²) in [5, 5.41) is 6.05. The molecule has 0 radical (unpaired) electrons. The topological polar surface area (TPSA) is 56.8 Å². The van der Waals surface area contributed by atoms with Crippen molar-refractivity contribution in [2.75, 3.05) is 51.3 Å². The van der Waals surface area contributed by atoms with E-state index >= 15 is 0 Å². The lowest BCUT2D eigenvalue weighted by atomic mass is 9.96. The van der Waals surface area contributed by atoms with E-state index in [1.807, 2.05) is 24.3 Å². The average Bonchev–Trinajstić information content (AvgIpc) is 2.94. The second-order valence-corrected chi connectivity index (χ2v) is 9.90. The third kappa shape index (κ3) is 7.26. The number of urea groups is 1. The largest absolute Gasteiger partial charge is 0.495 e. The highest BCUT2D eigenvalue weighted by Gasteiger charge is 2.19. The Kier molecular flexibility index (Phi) is 9.44. The number of methoxy groups -OCH3 is 1. The quantitative estimate of drug-likeness (QED) is 0.361. The van der Waals surface area contributed by atoms with E-state index in [1.54, 1.807) is 7.11 Å². The Bertz CT molecular complexity index is 1140. The summed E-state index contributed by atoms with van der Waals surface area (Å²) < 4.78 is 5.51. The summed E-state index contributed by atoms with van der Waals surface area (Å²) in [7, 11) is 1.72. The molecule has 2 amide bonds. The monoisotopic (exact) mass is 500 g/mol. The van der Waals surface area contributed by atoms with Crippen LogP contribution in [0.2, 0.25) is 0 Å². The molecule has 3 aromatic rings. The summed E-state index contributed by atoms with van der Waals surface area (Å²) in [4.78, 5) is 17.3. The van der Waals surface area contributed by atoms with E-state index in [0.29, 0.717) is 19.0 Å². The van der Waals surface area contributed by atoms with Gasteiger partial charge in [0.1, 0.15) is 5.75 Å². The van der Waals surface area contributed by atoms with Gasteiger partial charge in [-0.2, -0.15) is 0 Å². The number of nitrogens with one attached hydrogen (secondary N) is 2. The number of carbonyl (C=O) groups is 1. The van der Waals surface area contributed by atoms with Crippen molar-refractivity contribution in [2.24, 2.45) is 0 Å². The van der Waals surface area contributed by atoms with Crippen molar-refractivity contribution >= 4 is 11.7 Å². The number of amides is 2. The maximum Gasteiger partial charge on any atom is 0.315 e. The van der Waals surface area contributed by atoms with Crippen molar-refractivity contribution in [1.29, 1.82) is 0 Å². The number of rotatable bonds is 10. The summed E-state index contributed by atoms with van der Waals surface area (Å²) in [6, 6.07) is 25.1. The Morgan fingerprint density at radius 3 is 2.32 bits per heavy atom. The normalized spacial score (nSPS) is 14.0. The molecule has 0 spiro atoms. The van der Waals surface area contributed by atoms with Gasteiger partial charge in [-0.05, 0) is 53.3 Å². The van der Waals surface area contributed by atoms with Gasteiger partial charge in [-0.25, -0.2) is 4.79 Å². The van der Waals surface area contributed by atoms with Crippen LogP contribution in [0.5, 0.6) is 5.75 Å². The van der Waals surface area contributed by atoms with Crippen LogP contribution in [0, 0.1) is 0 Å². The Morgan fingerprint density at radius 1 is 0.892 bits per heavy atom. The van der Waals surface area contributed by atoms with Crippen molar-refractivity contribution in [1.82, 2.24) is 15.5 Å². The van der Waals surface area contributed by atoms with Crippen molar-refractivity contribution in [3.8, 4) is 16.9 Å². The molecule has 6 nitrogen and oxygen atoms in total. The first-order valence-corrected chi connectivity index (χ1v) is 13.4. The molecule has 0 unspecified atom stereocenters. The molecular formula is C31H40N4O2. The maximum absolute atomic E-state index is 12.4. The van der Waals surface area contributed by atoms with E-state index in [0.717, 1.165) is 61.7 Å². The van der Waals surface area contributed by atoms with Gasteiger partial charge in [-0.3, -0.25) is 4.90 Å². The van der Waals surface area contributed by atoms with E-state index in [1.165, 1.54) is 11.1 Å². The van der Waals surface area contributed by atoms with Gasteiger partial charge < -0.3 is 20.3 Å². The number of nitrogens with zero attached hydrogens (tertiary/aromatic N) is 2. The fourth-order valence-corrected chi connectivity index (χ4v) is 4.85. The molecule has 2 N–H and O–H groups in total. The summed E-state index contributed by atoms with van der Waals surface area (Å²) in [6.45, 7) is 10.5. The molecule has 1 saturated heterocycles. The van der Waals surface area contributed by atoms with Crippen LogP contribution in [0.15, 0.2) is 72.8 Å². The van der Waals surface area contributed by atoms with Gasteiger partial charge in [0, 0.05) is 39.3 Å². The van der Waals surface area contributed by atoms with Crippen LogP contribution in [0.25, 0.3) is 11.1 Å². The van der Waals surface area contributed by atoms with Gasteiger partial charge in [-0.15, -0.1) is 0 Å². The van der Waals surface area contributed by atoms with Crippen LogP contribution in [-0.4, -0.2) is 57.3 Å². The molecule has 0 saturated carbocycles. The number of piperazine rings is 1. The third-order valence-electron chi connectivity index (χ3n) is 7.08. The molecule has 3 aromatic carbocycles. The van der Waals surface area contributed by atoms with Crippen LogP contribution in [0.1, 0.15) is 37.3 Å². The van der Waals surface area contributed by atoms with Crippen molar-refractivity contribution in [3.63, 3.8) is 0 Å². The summed E-state index contributed by atoms with van der Waals surface area (Å²) in [5.41, 5.74) is 5.94. The average molecular weight is 501 g/mol. The SMILES string of the molecule is COc1ccccc1N1CCN(CCCNC(=O)NCc2ccccc2-c2ccc(C(C)C)cc2)CC1. The lowest BCUT2D eigenvalue weighted by molar-refractivity contribution is 0.235. The molecule has 1 aliphatic rings. The highest BCUT2D eigenvalue weighted by Crippen LogP contribution is 2.28. The van der Waals surface area contributed by atoms with Crippen LogP contribution < -0.4 is 20.3 Å². The van der Waals surface area contributed by atoms with Gasteiger partial charge in [0.2, 0.25) is 0 Å². The Morgan fingerprint density at radius 2 is 1.59 bits per heavy atom. The van der Waals surface area contributed by atoms with Crippen LogP contribution in [-0.2, 0) is 6.54 Å². The maximum atomic E-state index is 12.4. The molecule has 196 valence electrons. The minimum atomic E-state index is -0.119. The molecule has 0 aromatic heterocycles. The number of hydrogen-bond donors (Lipinski definition) is 2. The number of carbonyl (C=O) groups excluding carboxylic acids is 1. The van der Waals surface area contributed by atoms with E-state index in [9.17, 15) is 4.79 Å². The highest BCUT2D eigenvalue weighted by atomic mass is 16.5. The number of hydrogen-bond acceptors (Lipinski definition) is 4. The molecule has 4 rings (SSSR count). The van der Waals surface area contributed by atoms with Gasteiger partial charge >= 0.3 is 6.03 Å². The first kappa shape index (κ1) is 26.6. The fraction of sp³-hybridized carbons (Fsp3) is 0.387. The molecule has 6 heteroatoms. The van der Waals surface area contributed by atoms with Crippen LogP contribution in [0.4, 0.5) is 10.5 Å². The molecule has 1 heterocycles. The molecule has 1 aliphatic heterocycles. The predicted octanol–water partition coefficient (Wildman–Crippen LogP) is 5.50. The molecule has 37 heavy (non-hydrogen) atoms. The number of anilines is 1. The lowest BCUT2D eigenvalue weighted by Gasteiger charge is -2.36. The fourth-order valence-electron chi connectivity index (χ4n) is 4.85. The van der Waals surface area contributed by atoms with Crippen molar-refractivity contribution in [2.45, 2.75) is 32.7 Å². The molecular weight excluding hydrogens is 460 g/mol. The predicted molar refractivity (Wildman–Crippen MR) is 152 cm³/mol. The zero-order valence-corrected chi connectivity index (χ0v) is 22.4. The third-order valence-corrected chi connectivity index (χ3v) is 7.08. The van der Waals surface area contributed by atoms with Crippen LogP contribution in [0.3, 0.4) is 0 Å². The number of benzene rings is 3. The van der Waals surface area contributed by atoms with Gasteiger partial charge in [0.25, 0.3) is 0 Å². The zero-order chi connectivity index (χ0) is 26.0. The zero-order valence-electron chi connectivity index (χ0n) is 22.4. The van der Waals surface area contributed by atoms with Gasteiger partial charge in [0.15, 0.2) is 0 Å². The van der Waals surface area contributed by atoms with Crippen LogP contribution >= 0.6 is 0 Å². The molecule has 0 bridgehead atoms. The molecule has 1 fully saturated rings. The van der Waals surface area contributed by atoms with Crippen molar-refractivity contribution < 1.29 is 9.53 Å². The molecule has 0 aliphatic carbocycles. The smallest absolute Gasteiger partial charge is 0.315 e. The van der Waals surface area contributed by atoms with E-state index in [-0.39, 0.29) is 6.03 Å². The second kappa shape index (κ2) is 13.2. The lowest BCUT2D eigenvalue weighted by Crippen LogP contribution is -2.47. The van der Waals surface area contributed by atoms with E-state index < -0.39 is 0 Å². The number of para-hydroxylation sites is 2. The number of ether oxygens (including phenoxy) is 1. The van der Waals surface area contributed by atoms with Crippen molar-refractivity contribution in [3.05, 3.63) is 83.9 Å². The molecule has 0 atom stereocenters. The minimum Gasteiger partial charge on any atom is -0.495 e. The van der Waals surface area contributed by atoms with E-state index in [4.69, 9.17) is 4.74 Å². The first-order valence-electron chi connectivity index (χ1n) is 13.4. The second-order valence-electron chi connectivity index (χ2n) is 9.90. The Labute approximate surface area is 221 Å². The first-order chi connectivity index (χ1) is 18.0. The summed E-state index contributed by atoms with van der Waals surface area (Å²) in [5.74, 6) is 1.44. The minimum absolute atomic E-state index is 0.119. The summed E-state index contributed by atoms with van der Waals surface area (Å²) in [6.07, 6.45) is 0.931.